The maximum absolute atomic E-state index is 15.2. The Morgan fingerprint density at radius 1 is 1.17 bits per heavy atom. The number of nitrogens with one attached hydrogen (secondary N) is 1. The molecule has 0 fully saturated rings. The first-order chi connectivity index (χ1) is 14.1. The number of amides is 1. The van der Waals surface area contributed by atoms with Crippen LogP contribution in [0.2, 0.25) is 5.02 Å². The van der Waals surface area contributed by atoms with Crippen LogP contribution in [0.1, 0.15) is 11.1 Å². The number of rotatable bonds is 7. The van der Waals surface area contributed by atoms with Gasteiger partial charge in [0.05, 0.1) is 6.54 Å². The summed E-state index contributed by atoms with van der Waals surface area (Å²) >= 11 is 5.75. The Balaban J connectivity index is 1.93. The number of carbonyl (C=O) groups excluding carboxylic acids is 1. The average molecular weight is 443 g/mol. The molecule has 0 spiro atoms. The highest BCUT2D eigenvalue weighted by atomic mass is 35.5. The average Bonchev–Trinajstić information content (AvgIpc) is 3.19. The third kappa shape index (κ3) is 4.29. The van der Waals surface area contributed by atoms with Crippen LogP contribution in [0.5, 0.6) is 0 Å². The van der Waals surface area contributed by atoms with Crippen molar-refractivity contribution >= 4 is 17.5 Å². The van der Waals surface area contributed by atoms with E-state index < -0.39 is 41.2 Å². The standard InChI is InChI=1S/C19H15ClF4N4O2/c20-13-3-1-12(2-4-13)8-26-17(29)19(23,24)18(30,9-28-11-25-10-27-28)15-6-5-14(21)7-16(15)22/h1-7,10-11,30H,8-9H2,(H,26,29). The van der Waals surface area contributed by atoms with E-state index in [9.17, 15) is 18.7 Å². The summed E-state index contributed by atoms with van der Waals surface area (Å²) in [6, 6.07) is 7.74. The summed E-state index contributed by atoms with van der Waals surface area (Å²) in [5.74, 6) is -8.86. The lowest BCUT2D eigenvalue weighted by Gasteiger charge is -2.35. The van der Waals surface area contributed by atoms with Crippen molar-refractivity contribution in [1.82, 2.24) is 20.1 Å². The number of alkyl halides is 2. The Kier molecular flexibility index (Phi) is 6.09. The molecule has 1 heterocycles. The summed E-state index contributed by atoms with van der Waals surface area (Å²) in [6.07, 6.45) is 2.02. The number of halogens is 5. The number of aliphatic hydroxyl groups is 1. The summed E-state index contributed by atoms with van der Waals surface area (Å²) in [4.78, 5) is 15.9. The van der Waals surface area contributed by atoms with Gasteiger partial charge in [-0.2, -0.15) is 13.9 Å². The van der Waals surface area contributed by atoms with E-state index in [4.69, 9.17) is 11.6 Å². The van der Waals surface area contributed by atoms with Crippen LogP contribution in [0.3, 0.4) is 0 Å². The van der Waals surface area contributed by atoms with Crippen molar-refractivity contribution in [2.45, 2.75) is 24.6 Å². The topological polar surface area (TPSA) is 80.0 Å². The Hall–Kier alpha value is -2.98. The summed E-state index contributed by atoms with van der Waals surface area (Å²) in [7, 11) is 0. The molecule has 0 aliphatic heterocycles. The van der Waals surface area contributed by atoms with Crippen molar-refractivity contribution in [1.29, 1.82) is 0 Å². The van der Waals surface area contributed by atoms with E-state index in [1.807, 2.05) is 5.32 Å². The lowest BCUT2D eigenvalue weighted by molar-refractivity contribution is -0.203. The van der Waals surface area contributed by atoms with Crippen LogP contribution in [0.15, 0.2) is 55.1 Å². The fraction of sp³-hybridized carbons (Fsp3) is 0.211. The van der Waals surface area contributed by atoms with Gasteiger partial charge < -0.3 is 10.4 Å². The van der Waals surface area contributed by atoms with Crippen LogP contribution in [0.25, 0.3) is 0 Å². The summed E-state index contributed by atoms with van der Waals surface area (Å²) in [6.45, 7) is -1.31. The zero-order valence-corrected chi connectivity index (χ0v) is 16.0. The molecule has 1 amide bonds. The molecule has 0 saturated carbocycles. The predicted octanol–water partition coefficient (Wildman–Crippen LogP) is 3.05. The fourth-order valence-corrected chi connectivity index (χ4v) is 2.94. The molecule has 3 aromatic rings. The molecule has 3 rings (SSSR count). The normalized spacial score (nSPS) is 13.7. The molecule has 6 nitrogen and oxygen atoms in total. The van der Waals surface area contributed by atoms with Gasteiger partial charge in [0.15, 0.2) is 5.60 Å². The zero-order chi connectivity index (χ0) is 21.9. The van der Waals surface area contributed by atoms with Gasteiger partial charge in [-0.1, -0.05) is 23.7 Å². The van der Waals surface area contributed by atoms with Gasteiger partial charge in [-0.25, -0.2) is 18.4 Å². The molecular formula is C19H15ClF4N4O2. The lowest BCUT2D eigenvalue weighted by atomic mass is 9.85. The molecule has 30 heavy (non-hydrogen) atoms. The highest BCUT2D eigenvalue weighted by molar-refractivity contribution is 6.30. The molecule has 158 valence electrons. The molecule has 11 heteroatoms. The molecule has 0 saturated heterocycles. The molecule has 1 aromatic heterocycles. The largest absolute Gasteiger partial charge is 0.377 e. The van der Waals surface area contributed by atoms with Gasteiger partial charge in [0.1, 0.15) is 24.3 Å². The fourth-order valence-electron chi connectivity index (χ4n) is 2.81. The van der Waals surface area contributed by atoms with E-state index in [0.29, 0.717) is 28.8 Å². The molecule has 0 aliphatic carbocycles. The minimum atomic E-state index is -4.52. The van der Waals surface area contributed by atoms with E-state index >= 15 is 8.78 Å². The third-order valence-corrected chi connectivity index (χ3v) is 4.66. The van der Waals surface area contributed by atoms with E-state index in [2.05, 4.69) is 10.1 Å². The first-order valence-electron chi connectivity index (χ1n) is 8.54. The highest BCUT2D eigenvalue weighted by Gasteiger charge is 2.60. The van der Waals surface area contributed by atoms with Crippen molar-refractivity contribution in [3.63, 3.8) is 0 Å². The van der Waals surface area contributed by atoms with Gasteiger partial charge in [-0.15, -0.1) is 0 Å². The van der Waals surface area contributed by atoms with E-state index in [-0.39, 0.29) is 6.54 Å². The van der Waals surface area contributed by atoms with E-state index in [1.165, 1.54) is 24.3 Å². The van der Waals surface area contributed by atoms with Crippen LogP contribution in [0, 0.1) is 11.6 Å². The predicted molar refractivity (Wildman–Crippen MR) is 98.5 cm³/mol. The van der Waals surface area contributed by atoms with Gasteiger partial charge in [-0.3, -0.25) is 4.79 Å². The first-order valence-corrected chi connectivity index (χ1v) is 8.92. The van der Waals surface area contributed by atoms with Gasteiger partial charge in [0, 0.05) is 23.2 Å². The summed E-state index contributed by atoms with van der Waals surface area (Å²) in [5, 5.41) is 16.9. The minimum Gasteiger partial charge on any atom is -0.377 e. The van der Waals surface area contributed by atoms with Crippen LogP contribution in [-0.2, 0) is 23.5 Å². The van der Waals surface area contributed by atoms with Crippen molar-refractivity contribution < 1.29 is 27.5 Å². The van der Waals surface area contributed by atoms with Gasteiger partial charge in [0.2, 0.25) is 0 Å². The van der Waals surface area contributed by atoms with Crippen LogP contribution in [-0.4, -0.2) is 31.7 Å². The second-order valence-corrected chi connectivity index (χ2v) is 6.90. The second kappa shape index (κ2) is 8.41. The van der Waals surface area contributed by atoms with E-state index in [1.54, 1.807) is 0 Å². The number of hydrogen-bond donors (Lipinski definition) is 2. The Labute approximate surface area is 173 Å². The van der Waals surface area contributed by atoms with Crippen molar-refractivity contribution in [3.05, 3.63) is 82.9 Å². The van der Waals surface area contributed by atoms with Crippen molar-refractivity contribution in [3.8, 4) is 0 Å². The quantitative estimate of drug-likeness (QED) is 0.551. The maximum Gasteiger partial charge on any atom is 0.358 e. The minimum absolute atomic E-state index is 0.295. The third-order valence-electron chi connectivity index (χ3n) is 4.41. The van der Waals surface area contributed by atoms with Crippen molar-refractivity contribution in [2.75, 3.05) is 0 Å². The molecule has 0 bridgehead atoms. The molecule has 0 radical (unpaired) electrons. The molecule has 2 N–H and O–H groups in total. The SMILES string of the molecule is O=C(NCc1ccc(Cl)cc1)C(F)(F)C(O)(Cn1cncn1)c1ccc(F)cc1F. The first kappa shape index (κ1) is 21.7. The van der Waals surface area contributed by atoms with E-state index in [0.717, 1.165) is 17.3 Å². The Bertz CT molecular complexity index is 1030. The Morgan fingerprint density at radius 3 is 2.47 bits per heavy atom. The summed E-state index contributed by atoms with van der Waals surface area (Å²) < 4.78 is 58.8. The molecule has 1 unspecified atom stereocenters. The number of nitrogens with zero attached hydrogens (tertiary/aromatic N) is 3. The second-order valence-electron chi connectivity index (χ2n) is 6.46. The lowest BCUT2D eigenvalue weighted by Crippen LogP contribution is -2.57. The maximum atomic E-state index is 15.2. The molecule has 2 aromatic carbocycles. The van der Waals surface area contributed by atoms with Crippen LogP contribution < -0.4 is 5.32 Å². The van der Waals surface area contributed by atoms with Gasteiger partial charge in [-0.05, 0) is 29.8 Å². The molecule has 0 aliphatic rings. The number of aromatic nitrogens is 3. The van der Waals surface area contributed by atoms with Gasteiger partial charge in [0.25, 0.3) is 5.91 Å². The van der Waals surface area contributed by atoms with Crippen LogP contribution >= 0.6 is 11.6 Å². The van der Waals surface area contributed by atoms with Crippen molar-refractivity contribution in [2.24, 2.45) is 0 Å². The zero-order valence-electron chi connectivity index (χ0n) is 15.2. The number of benzene rings is 2. The number of hydrogen-bond acceptors (Lipinski definition) is 4. The smallest absolute Gasteiger partial charge is 0.358 e. The monoisotopic (exact) mass is 442 g/mol. The number of carbonyl (C=O) groups is 1. The summed E-state index contributed by atoms with van der Waals surface area (Å²) in [5.41, 5.74) is -3.88. The van der Waals surface area contributed by atoms with Crippen LogP contribution in [0.4, 0.5) is 17.6 Å². The van der Waals surface area contributed by atoms with Gasteiger partial charge >= 0.3 is 5.92 Å². The highest BCUT2D eigenvalue weighted by Crippen LogP contribution is 2.40. The molecule has 1 atom stereocenters. The Morgan fingerprint density at radius 2 is 1.87 bits per heavy atom. The molecular weight excluding hydrogens is 428 g/mol.